The van der Waals surface area contributed by atoms with E-state index in [1.165, 1.54) is 25.7 Å². The van der Waals surface area contributed by atoms with Crippen molar-refractivity contribution in [2.45, 2.75) is 64.2 Å². The molecule has 1 fully saturated rings. The van der Waals surface area contributed by atoms with E-state index in [4.69, 9.17) is 0 Å². The molecule has 1 aliphatic rings. The van der Waals surface area contributed by atoms with Crippen LogP contribution in [0.3, 0.4) is 0 Å². The molecule has 0 aromatic heterocycles. The normalized spacial score (nSPS) is 30.6. The van der Waals surface area contributed by atoms with Crippen LogP contribution in [0.5, 0.6) is 0 Å². The van der Waals surface area contributed by atoms with E-state index in [1.807, 2.05) is 0 Å². The monoisotopic (exact) mass is 322 g/mol. The van der Waals surface area contributed by atoms with Gasteiger partial charge in [-0.05, 0) is 48.9 Å². The first kappa shape index (κ1) is 13.8. The van der Waals surface area contributed by atoms with E-state index in [1.54, 1.807) is 0 Å². The molecule has 1 heteroatoms. The Labute approximate surface area is 110 Å². The predicted octanol–water partition coefficient (Wildman–Crippen LogP) is 5.30. The van der Waals surface area contributed by atoms with Crippen LogP contribution in [0.15, 0.2) is 0 Å². The van der Waals surface area contributed by atoms with Crippen molar-refractivity contribution in [3.05, 3.63) is 0 Å². The highest BCUT2D eigenvalue weighted by Crippen LogP contribution is 2.42. The number of hydrogen-bond acceptors (Lipinski definition) is 0. The molecule has 0 aliphatic heterocycles. The summed E-state index contributed by atoms with van der Waals surface area (Å²) >= 11 is 2.69. The van der Waals surface area contributed by atoms with Crippen LogP contribution in [0.4, 0.5) is 0 Å². The molecule has 0 spiro atoms. The van der Waals surface area contributed by atoms with E-state index >= 15 is 0 Å². The van der Waals surface area contributed by atoms with E-state index in [0.717, 1.165) is 21.7 Å². The fourth-order valence-corrected chi connectivity index (χ4v) is 3.53. The molecule has 0 amide bonds. The fourth-order valence-electron chi connectivity index (χ4n) is 2.81. The topological polar surface area (TPSA) is 0 Å². The largest absolute Gasteiger partial charge is 0.0817 e. The van der Waals surface area contributed by atoms with Crippen LogP contribution in [-0.4, -0.2) is 3.92 Å². The molecule has 0 nitrogen and oxygen atoms in total. The zero-order valence-corrected chi connectivity index (χ0v) is 13.2. The third-order valence-corrected chi connectivity index (χ3v) is 6.89. The van der Waals surface area contributed by atoms with Gasteiger partial charge in [0.15, 0.2) is 0 Å². The molecule has 1 saturated carbocycles. The highest BCUT2D eigenvalue weighted by atomic mass is 127. The maximum Gasteiger partial charge on any atom is 0.0186 e. The second-order valence-electron chi connectivity index (χ2n) is 6.69. The van der Waals surface area contributed by atoms with Crippen molar-refractivity contribution >= 4 is 22.6 Å². The maximum absolute atomic E-state index is 2.69. The van der Waals surface area contributed by atoms with Crippen LogP contribution in [0.1, 0.15) is 60.3 Å². The first-order valence-corrected chi connectivity index (χ1v) is 7.71. The molecule has 0 aromatic carbocycles. The Morgan fingerprint density at radius 1 is 0.933 bits per heavy atom. The molecule has 0 radical (unpaired) electrons. The molecule has 0 bridgehead atoms. The average Bonchev–Trinajstić information content (AvgIpc) is 2.15. The van der Waals surface area contributed by atoms with Crippen LogP contribution >= 0.6 is 22.6 Å². The molecule has 0 N–H and O–H groups in total. The lowest BCUT2D eigenvalue weighted by molar-refractivity contribution is 0.192. The van der Waals surface area contributed by atoms with Gasteiger partial charge in [-0.2, -0.15) is 0 Å². The van der Waals surface area contributed by atoms with E-state index in [9.17, 15) is 0 Å². The van der Waals surface area contributed by atoms with Crippen LogP contribution in [0.2, 0.25) is 0 Å². The first-order chi connectivity index (χ1) is 6.82. The summed E-state index contributed by atoms with van der Waals surface area (Å²) < 4.78 is 0.850. The average molecular weight is 322 g/mol. The molecule has 0 aromatic rings. The van der Waals surface area contributed by atoms with Crippen LogP contribution < -0.4 is 0 Å². The quantitative estimate of drug-likeness (QED) is 0.478. The molecule has 1 rings (SSSR count). The van der Waals surface area contributed by atoms with Gasteiger partial charge in [0.2, 0.25) is 0 Å². The molecule has 90 valence electrons. The Hall–Kier alpha value is 0.730. The van der Waals surface area contributed by atoms with E-state index in [-0.39, 0.29) is 0 Å². The van der Waals surface area contributed by atoms with Gasteiger partial charge in [-0.25, -0.2) is 0 Å². The zero-order valence-electron chi connectivity index (χ0n) is 11.0. The number of rotatable bonds is 2. The molecular formula is C14H27I. The second-order valence-corrected chi connectivity index (χ2v) is 8.03. The molecule has 0 heterocycles. The van der Waals surface area contributed by atoms with Gasteiger partial charge in [0.1, 0.15) is 0 Å². The van der Waals surface area contributed by atoms with E-state index < -0.39 is 0 Å². The van der Waals surface area contributed by atoms with E-state index in [2.05, 4.69) is 57.2 Å². The van der Waals surface area contributed by atoms with Crippen LogP contribution in [-0.2, 0) is 0 Å². The highest BCUT2D eigenvalue weighted by molar-refractivity contribution is 14.1. The zero-order chi connectivity index (χ0) is 11.6. The first-order valence-electron chi connectivity index (χ1n) is 6.46. The van der Waals surface area contributed by atoms with Gasteiger partial charge in [0, 0.05) is 3.92 Å². The third kappa shape index (κ3) is 3.90. The lowest BCUT2D eigenvalue weighted by Gasteiger charge is -2.38. The molecule has 1 atom stereocenters. The van der Waals surface area contributed by atoms with Crippen LogP contribution in [0.25, 0.3) is 0 Å². The lowest BCUT2D eigenvalue weighted by atomic mass is 9.72. The van der Waals surface area contributed by atoms with Gasteiger partial charge in [-0.15, -0.1) is 0 Å². The standard InChI is InChI=1S/C14H27I/c1-10(2)11-6-8-12(9-7-11)13(15)14(3,4)5/h10-13H,6-9H2,1-5H3. The van der Waals surface area contributed by atoms with Gasteiger partial charge in [-0.3, -0.25) is 0 Å². The Morgan fingerprint density at radius 2 is 1.33 bits per heavy atom. The lowest BCUT2D eigenvalue weighted by Crippen LogP contribution is -2.32. The Morgan fingerprint density at radius 3 is 1.67 bits per heavy atom. The van der Waals surface area contributed by atoms with Crippen molar-refractivity contribution in [3.8, 4) is 0 Å². The molecule has 1 aliphatic carbocycles. The summed E-state index contributed by atoms with van der Waals surface area (Å²) in [4.78, 5) is 0. The molecule has 0 saturated heterocycles. The van der Waals surface area contributed by atoms with Gasteiger partial charge in [0.05, 0.1) is 0 Å². The molecule has 15 heavy (non-hydrogen) atoms. The van der Waals surface area contributed by atoms with Crippen LogP contribution in [0, 0.1) is 23.2 Å². The minimum Gasteiger partial charge on any atom is -0.0817 e. The van der Waals surface area contributed by atoms with Crippen molar-refractivity contribution in [3.63, 3.8) is 0 Å². The number of hydrogen-bond donors (Lipinski definition) is 0. The summed E-state index contributed by atoms with van der Waals surface area (Å²) in [6, 6.07) is 0. The van der Waals surface area contributed by atoms with Crippen molar-refractivity contribution in [2.75, 3.05) is 0 Å². The molecular weight excluding hydrogens is 295 g/mol. The smallest absolute Gasteiger partial charge is 0.0186 e. The summed E-state index contributed by atoms with van der Waals surface area (Å²) in [5, 5.41) is 0. The SMILES string of the molecule is CC(C)C1CCC(C(I)C(C)(C)C)CC1. The Bertz CT molecular complexity index is 182. The van der Waals surface area contributed by atoms with Crippen molar-refractivity contribution in [2.24, 2.45) is 23.2 Å². The minimum atomic E-state index is 0.482. The summed E-state index contributed by atoms with van der Waals surface area (Å²) in [6.45, 7) is 11.9. The van der Waals surface area contributed by atoms with Crippen molar-refractivity contribution < 1.29 is 0 Å². The Kier molecular flexibility index (Phi) is 4.94. The summed E-state index contributed by atoms with van der Waals surface area (Å²) in [6.07, 6.45) is 5.87. The highest BCUT2D eigenvalue weighted by Gasteiger charge is 2.33. The second kappa shape index (κ2) is 5.37. The van der Waals surface area contributed by atoms with E-state index in [0.29, 0.717) is 5.41 Å². The fraction of sp³-hybridized carbons (Fsp3) is 1.00. The van der Waals surface area contributed by atoms with Gasteiger partial charge in [-0.1, -0.05) is 57.2 Å². The maximum atomic E-state index is 2.69. The van der Waals surface area contributed by atoms with Gasteiger partial charge >= 0.3 is 0 Å². The van der Waals surface area contributed by atoms with Gasteiger partial charge < -0.3 is 0 Å². The predicted molar refractivity (Wildman–Crippen MR) is 77.5 cm³/mol. The van der Waals surface area contributed by atoms with Crippen molar-refractivity contribution in [1.82, 2.24) is 0 Å². The summed E-state index contributed by atoms with van der Waals surface area (Å²) in [7, 11) is 0. The Balaban J connectivity index is 2.44. The third-order valence-electron chi connectivity index (χ3n) is 4.00. The minimum absolute atomic E-state index is 0.482. The molecule has 1 unspecified atom stereocenters. The number of halogens is 1. The number of alkyl halides is 1. The van der Waals surface area contributed by atoms with Gasteiger partial charge in [0.25, 0.3) is 0 Å². The van der Waals surface area contributed by atoms with Crippen molar-refractivity contribution in [1.29, 1.82) is 0 Å². The summed E-state index contributed by atoms with van der Waals surface area (Å²) in [5.41, 5.74) is 0.482. The summed E-state index contributed by atoms with van der Waals surface area (Å²) in [5.74, 6) is 2.87.